The van der Waals surface area contributed by atoms with Crippen molar-refractivity contribution in [2.75, 3.05) is 0 Å². The number of nitrogens with zero attached hydrogens (tertiary/aromatic N) is 3. The molecular formula is C22H21ClN4O2. The maximum atomic E-state index is 13.3. The average molecular weight is 409 g/mol. The van der Waals surface area contributed by atoms with E-state index in [0.29, 0.717) is 27.7 Å². The second kappa shape index (κ2) is 7.72. The lowest BCUT2D eigenvalue weighted by molar-refractivity contribution is 0.0937. The zero-order valence-electron chi connectivity index (χ0n) is 16.4. The van der Waals surface area contributed by atoms with Crippen LogP contribution in [0.1, 0.15) is 41.0 Å². The zero-order valence-corrected chi connectivity index (χ0v) is 17.2. The van der Waals surface area contributed by atoms with E-state index in [2.05, 4.69) is 15.4 Å². The third kappa shape index (κ3) is 3.63. The van der Waals surface area contributed by atoms with Crippen molar-refractivity contribution in [2.45, 2.75) is 26.3 Å². The highest BCUT2D eigenvalue weighted by Gasteiger charge is 2.22. The molecule has 3 heterocycles. The van der Waals surface area contributed by atoms with Crippen LogP contribution in [-0.4, -0.2) is 20.7 Å². The van der Waals surface area contributed by atoms with Crippen LogP contribution >= 0.6 is 11.6 Å². The van der Waals surface area contributed by atoms with Gasteiger partial charge in [-0.1, -0.05) is 30.7 Å². The molecule has 0 bridgehead atoms. The van der Waals surface area contributed by atoms with Crippen molar-refractivity contribution < 1.29 is 9.21 Å². The number of fused-ring (bicyclic) bond motifs is 1. The van der Waals surface area contributed by atoms with Crippen LogP contribution < -0.4 is 5.32 Å². The minimum Gasteiger partial charge on any atom is -0.463 e. The summed E-state index contributed by atoms with van der Waals surface area (Å²) in [6, 6.07) is 12.8. The van der Waals surface area contributed by atoms with Crippen molar-refractivity contribution in [2.24, 2.45) is 7.05 Å². The predicted octanol–water partition coefficient (Wildman–Crippen LogP) is 5.07. The summed E-state index contributed by atoms with van der Waals surface area (Å²) in [5, 5.41) is 9.00. The van der Waals surface area contributed by atoms with Gasteiger partial charge in [0.2, 0.25) is 0 Å². The molecule has 1 amide bonds. The molecule has 1 atom stereocenters. The summed E-state index contributed by atoms with van der Waals surface area (Å²) in [5.41, 5.74) is 3.52. The fraction of sp³-hybridized carbons (Fsp3) is 0.227. The van der Waals surface area contributed by atoms with Gasteiger partial charge in [-0.15, -0.1) is 0 Å². The number of aryl methyl sites for hydroxylation is 2. The molecule has 0 saturated heterocycles. The Labute approximate surface area is 173 Å². The van der Waals surface area contributed by atoms with Crippen molar-refractivity contribution in [1.29, 1.82) is 0 Å². The summed E-state index contributed by atoms with van der Waals surface area (Å²) < 4.78 is 7.18. The molecule has 0 spiro atoms. The van der Waals surface area contributed by atoms with Crippen LogP contribution in [0, 0.1) is 6.92 Å². The molecule has 0 aliphatic heterocycles. The molecule has 0 saturated carbocycles. The fourth-order valence-corrected chi connectivity index (χ4v) is 3.65. The largest absolute Gasteiger partial charge is 0.463 e. The first-order valence-corrected chi connectivity index (χ1v) is 9.80. The summed E-state index contributed by atoms with van der Waals surface area (Å²) >= 11 is 6.00. The molecule has 29 heavy (non-hydrogen) atoms. The van der Waals surface area contributed by atoms with Gasteiger partial charge in [0.15, 0.2) is 11.4 Å². The van der Waals surface area contributed by atoms with E-state index in [9.17, 15) is 4.79 Å². The molecule has 0 aliphatic rings. The molecule has 3 aromatic heterocycles. The van der Waals surface area contributed by atoms with Gasteiger partial charge in [-0.2, -0.15) is 5.10 Å². The number of carbonyl (C=O) groups is 1. The Kier molecular flexibility index (Phi) is 5.11. The quantitative estimate of drug-likeness (QED) is 0.500. The lowest BCUT2D eigenvalue weighted by Crippen LogP contribution is -2.28. The molecule has 1 unspecified atom stereocenters. The van der Waals surface area contributed by atoms with Gasteiger partial charge in [-0.05, 0) is 49.2 Å². The van der Waals surface area contributed by atoms with Gasteiger partial charge in [0, 0.05) is 12.1 Å². The van der Waals surface area contributed by atoms with Gasteiger partial charge >= 0.3 is 0 Å². The monoisotopic (exact) mass is 408 g/mol. The normalized spacial score (nSPS) is 12.3. The van der Waals surface area contributed by atoms with Gasteiger partial charge in [-0.3, -0.25) is 9.48 Å². The first-order valence-electron chi connectivity index (χ1n) is 9.42. The fourth-order valence-electron chi connectivity index (χ4n) is 3.53. The van der Waals surface area contributed by atoms with E-state index in [1.165, 1.54) is 0 Å². The standard InChI is InChI=1S/C22H21ClN4O2/c1-4-17(14-7-9-15(23)10-8-14)25-22(28)16-12-18(19-6-5-11-29-19)24-21-20(16)13(2)26-27(21)3/h5-12,17H,4H2,1-3H3,(H,25,28). The van der Waals surface area contributed by atoms with Crippen molar-refractivity contribution >= 4 is 28.5 Å². The Morgan fingerprint density at radius 1 is 1.28 bits per heavy atom. The van der Waals surface area contributed by atoms with E-state index < -0.39 is 0 Å². The van der Waals surface area contributed by atoms with Gasteiger partial charge in [-0.25, -0.2) is 4.98 Å². The minimum atomic E-state index is -0.178. The molecule has 1 N–H and O–H groups in total. The van der Waals surface area contributed by atoms with Crippen molar-refractivity contribution in [3.63, 3.8) is 0 Å². The Hall–Kier alpha value is -3.12. The average Bonchev–Trinajstić information content (AvgIpc) is 3.35. The summed E-state index contributed by atoms with van der Waals surface area (Å²) in [5.74, 6) is 0.424. The van der Waals surface area contributed by atoms with Gasteiger partial charge < -0.3 is 9.73 Å². The number of amides is 1. The summed E-state index contributed by atoms with van der Waals surface area (Å²) in [6.45, 7) is 3.91. The number of benzene rings is 1. The second-order valence-electron chi connectivity index (χ2n) is 6.93. The number of rotatable bonds is 5. The lowest BCUT2D eigenvalue weighted by Gasteiger charge is -2.18. The molecule has 0 radical (unpaired) electrons. The smallest absolute Gasteiger partial charge is 0.252 e. The minimum absolute atomic E-state index is 0.132. The molecule has 6 nitrogen and oxygen atoms in total. The van der Waals surface area contributed by atoms with E-state index in [1.54, 1.807) is 23.1 Å². The number of carbonyl (C=O) groups excluding carboxylic acids is 1. The maximum Gasteiger partial charge on any atom is 0.252 e. The molecular weight excluding hydrogens is 388 g/mol. The van der Waals surface area contributed by atoms with Crippen LogP contribution in [0.15, 0.2) is 53.1 Å². The van der Waals surface area contributed by atoms with E-state index >= 15 is 0 Å². The van der Waals surface area contributed by atoms with E-state index in [0.717, 1.165) is 23.1 Å². The number of hydrogen-bond acceptors (Lipinski definition) is 4. The second-order valence-corrected chi connectivity index (χ2v) is 7.36. The molecule has 4 aromatic rings. The number of pyridine rings is 1. The SMILES string of the molecule is CCC(NC(=O)c1cc(-c2ccco2)nc2c1c(C)nn2C)c1ccc(Cl)cc1. The molecule has 0 fully saturated rings. The molecule has 4 rings (SSSR count). The Morgan fingerprint density at radius 3 is 2.69 bits per heavy atom. The van der Waals surface area contributed by atoms with Gasteiger partial charge in [0.05, 0.1) is 28.9 Å². The number of halogens is 1. The first kappa shape index (κ1) is 19.2. The Morgan fingerprint density at radius 2 is 2.03 bits per heavy atom. The highest BCUT2D eigenvalue weighted by molar-refractivity contribution is 6.30. The van der Waals surface area contributed by atoms with Crippen LogP contribution in [0.3, 0.4) is 0 Å². The van der Waals surface area contributed by atoms with Crippen molar-refractivity contribution in [3.8, 4) is 11.5 Å². The third-order valence-corrected chi connectivity index (χ3v) is 5.22. The number of nitrogens with one attached hydrogen (secondary N) is 1. The first-order chi connectivity index (χ1) is 14.0. The van der Waals surface area contributed by atoms with Crippen molar-refractivity contribution in [1.82, 2.24) is 20.1 Å². The number of furan rings is 1. The third-order valence-electron chi connectivity index (χ3n) is 4.97. The van der Waals surface area contributed by atoms with Gasteiger partial charge in [0.1, 0.15) is 5.69 Å². The predicted molar refractivity (Wildman–Crippen MR) is 113 cm³/mol. The van der Waals surface area contributed by atoms with Crippen LogP contribution in [0.4, 0.5) is 0 Å². The maximum absolute atomic E-state index is 13.3. The molecule has 7 heteroatoms. The van der Waals surface area contributed by atoms with Crippen LogP contribution in [-0.2, 0) is 7.05 Å². The molecule has 1 aromatic carbocycles. The Bertz CT molecular complexity index is 1160. The number of hydrogen-bond donors (Lipinski definition) is 1. The molecule has 0 aliphatic carbocycles. The van der Waals surface area contributed by atoms with E-state index in [4.69, 9.17) is 16.0 Å². The lowest BCUT2D eigenvalue weighted by atomic mass is 10.0. The Balaban J connectivity index is 1.77. The highest BCUT2D eigenvalue weighted by atomic mass is 35.5. The van der Waals surface area contributed by atoms with Crippen LogP contribution in [0.5, 0.6) is 0 Å². The van der Waals surface area contributed by atoms with Crippen molar-refractivity contribution in [3.05, 3.63) is 70.6 Å². The van der Waals surface area contributed by atoms with Gasteiger partial charge in [0.25, 0.3) is 5.91 Å². The highest BCUT2D eigenvalue weighted by Crippen LogP contribution is 2.28. The van der Waals surface area contributed by atoms with Crippen LogP contribution in [0.25, 0.3) is 22.5 Å². The zero-order chi connectivity index (χ0) is 20.5. The summed E-state index contributed by atoms with van der Waals surface area (Å²) in [7, 11) is 1.82. The van der Waals surface area contributed by atoms with Crippen LogP contribution in [0.2, 0.25) is 5.02 Å². The summed E-state index contributed by atoms with van der Waals surface area (Å²) in [6.07, 6.45) is 2.34. The molecule has 148 valence electrons. The summed E-state index contributed by atoms with van der Waals surface area (Å²) in [4.78, 5) is 18.0. The van der Waals surface area contributed by atoms with E-state index in [1.807, 2.05) is 51.2 Å². The number of aromatic nitrogens is 3. The van der Waals surface area contributed by atoms with E-state index in [-0.39, 0.29) is 11.9 Å². The topological polar surface area (TPSA) is 73.0 Å².